The van der Waals surface area contributed by atoms with Gasteiger partial charge >= 0.3 is 6.09 Å². The standard InChI is InChI=1S/C28H31ClFNO3/c1-19-24(9-6-10-25(19)30)21-13-11-20(12-14-21)15-16-31(27(33)34-28(2,3)4)18-26(32)22-7-5-8-23(29)17-22/h5-14,17,26,32H,15-16,18H2,1-4H3/t26-/m0/s1. The van der Waals surface area contributed by atoms with Crippen LogP contribution in [0.4, 0.5) is 9.18 Å². The molecule has 4 nitrogen and oxygen atoms in total. The molecule has 0 unspecified atom stereocenters. The van der Waals surface area contributed by atoms with Crippen LogP contribution in [-0.2, 0) is 11.2 Å². The molecule has 0 heterocycles. The number of rotatable bonds is 7. The van der Waals surface area contributed by atoms with Gasteiger partial charge in [-0.1, -0.05) is 60.1 Å². The molecule has 0 bridgehead atoms. The Bertz CT molecular complexity index is 1130. The van der Waals surface area contributed by atoms with Gasteiger partial charge in [-0.2, -0.15) is 0 Å². The van der Waals surface area contributed by atoms with E-state index in [0.29, 0.717) is 29.1 Å². The molecule has 34 heavy (non-hydrogen) atoms. The van der Waals surface area contributed by atoms with Crippen molar-refractivity contribution < 1.29 is 19.0 Å². The van der Waals surface area contributed by atoms with E-state index in [0.717, 1.165) is 16.7 Å². The molecular formula is C28H31ClFNO3. The first-order valence-electron chi connectivity index (χ1n) is 11.3. The molecule has 0 aromatic heterocycles. The van der Waals surface area contributed by atoms with E-state index < -0.39 is 17.8 Å². The van der Waals surface area contributed by atoms with Crippen LogP contribution in [0.15, 0.2) is 66.7 Å². The third kappa shape index (κ3) is 7.05. The van der Waals surface area contributed by atoms with Gasteiger partial charge in [0.2, 0.25) is 0 Å². The van der Waals surface area contributed by atoms with E-state index in [9.17, 15) is 14.3 Å². The van der Waals surface area contributed by atoms with Gasteiger partial charge in [-0.25, -0.2) is 9.18 Å². The molecule has 3 aromatic carbocycles. The SMILES string of the molecule is Cc1c(F)cccc1-c1ccc(CCN(C[C@H](O)c2cccc(Cl)c2)C(=O)OC(C)(C)C)cc1. The monoisotopic (exact) mass is 483 g/mol. The Hall–Kier alpha value is -2.89. The average molecular weight is 484 g/mol. The highest BCUT2D eigenvalue weighted by molar-refractivity contribution is 6.30. The fraction of sp³-hybridized carbons (Fsp3) is 0.321. The Labute approximate surface area is 205 Å². The number of aliphatic hydroxyl groups is 1. The maximum Gasteiger partial charge on any atom is 0.410 e. The lowest BCUT2D eigenvalue weighted by Gasteiger charge is -2.29. The zero-order chi connectivity index (χ0) is 24.9. The van der Waals surface area contributed by atoms with E-state index >= 15 is 0 Å². The number of hydrogen-bond donors (Lipinski definition) is 1. The molecule has 3 rings (SSSR count). The lowest BCUT2D eigenvalue weighted by atomic mass is 9.98. The van der Waals surface area contributed by atoms with Crippen LogP contribution in [0.25, 0.3) is 11.1 Å². The van der Waals surface area contributed by atoms with Gasteiger partial charge in [-0.05, 0) is 80.1 Å². The van der Waals surface area contributed by atoms with Crippen molar-refractivity contribution in [2.45, 2.75) is 45.8 Å². The van der Waals surface area contributed by atoms with Gasteiger partial charge in [-0.3, -0.25) is 0 Å². The molecule has 1 N–H and O–H groups in total. The zero-order valence-corrected chi connectivity index (χ0v) is 20.8. The molecule has 1 atom stereocenters. The molecule has 0 saturated heterocycles. The fourth-order valence-corrected chi connectivity index (χ4v) is 3.85. The van der Waals surface area contributed by atoms with E-state index in [1.807, 2.05) is 51.1 Å². The van der Waals surface area contributed by atoms with Crippen LogP contribution < -0.4 is 0 Å². The van der Waals surface area contributed by atoms with E-state index in [1.54, 1.807) is 37.3 Å². The quantitative estimate of drug-likeness (QED) is 0.395. The lowest BCUT2D eigenvalue weighted by molar-refractivity contribution is 0.0147. The summed E-state index contributed by atoms with van der Waals surface area (Å²) in [6.07, 6.45) is -0.811. The number of carbonyl (C=O) groups is 1. The van der Waals surface area contributed by atoms with Gasteiger partial charge in [0.05, 0.1) is 12.6 Å². The van der Waals surface area contributed by atoms with Crippen LogP contribution in [0, 0.1) is 12.7 Å². The Kier molecular flexibility index (Phi) is 8.34. The molecule has 0 spiro atoms. The molecule has 0 aliphatic heterocycles. The molecular weight excluding hydrogens is 453 g/mol. The Morgan fingerprint density at radius 3 is 2.41 bits per heavy atom. The minimum Gasteiger partial charge on any atom is -0.444 e. The minimum absolute atomic E-state index is 0.0792. The summed E-state index contributed by atoms with van der Waals surface area (Å²) in [5.41, 5.74) is 3.40. The Morgan fingerprint density at radius 1 is 1.09 bits per heavy atom. The van der Waals surface area contributed by atoms with Gasteiger partial charge in [0.15, 0.2) is 0 Å². The maximum absolute atomic E-state index is 13.9. The smallest absolute Gasteiger partial charge is 0.410 e. The number of halogens is 2. The zero-order valence-electron chi connectivity index (χ0n) is 20.0. The minimum atomic E-state index is -0.899. The Morgan fingerprint density at radius 2 is 1.76 bits per heavy atom. The summed E-state index contributed by atoms with van der Waals surface area (Å²) in [6.45, 7) is 7.64. The van der Waals surface area contributed by atoms with Gasteiger partial charge in [0, 0.05) is 11.6 Å². The highest BCUT2D eigenvalue weighted by Gasteiger charge is 2.24. The van der Waals surface area contributed by atoms with Crippen molar-refractivity contribution in [2.75, 3.05) is 13.1 Å². The van der Waals surface area contributed by atoms with Gasteiger partial charge in [0.1, 0.15) is 11.4 Å². The molecule has 0 aliphatic rings. The molecule has 6 heteroatoms. The number of amides is 1. The van der Waals surface area contributed by atoms with Crippen molar-refractivity contribution in [3.8, 4) is 11.1 Å². The fourth-order valence-electron chi connectivity index (χ4n) is 3.65. The van der Waals surface area contributed by atoms with Crippen molar-refractivity contribution in [1.82, 2.24) is 4.90 Å². The number of hydrogen-bond acceptors (Lipinski definition) is 3. The Balaban J connectivity index is 1.73. The van der Waals surface area contributed by atoms with Crippen molar-refractivity contribution >= 4 is 17.7 Å². The summed E-state index contributed by atoms with van der Waals surface area (Å²) < 4.78 is 19.5. The van der Waals surface area contributed by atoms with Gasteiger partial charge in [-0.15, -0.1) is 0 Å². The second-order valence-electron chi connectivity index (χ2n) is 9.36. The summed E-state index contributed by atoms with van der Waals surface area (Å²) in [5, 5.41) is 11.3. The molecule has 3 aromatic rings. The normalized spacial score (nSPS) is 12.3. The predicted molar refractivity (Wildman–Crippen MR) is 134 cm³/mol. The molecule has 0 saturated carbocycles. The van der Waals surface area contributed by atoms with E-state index in [-0.39, 0.29) is 12.4 Å². The predicted octanol–water partition coefficient (Wildman–Crippen LogP) is 6.97. The molecule has 1 amide bonds. The first kappa shape index (κ1) is 25.7. The van der Waals surface area contributed by atoms with Crippen molar-refractivity contribution in [1.29, 1.82) is 0 Å². The summed E-state index contributed by atoms with van der Waals surface area (Å²) in [6, 6.07) is 19.9. The van der Waals surface area contributed by atoms with Crippen LogP contribution in [0.2, 0.25) is 5.02 Å². The maximum atomic E-state index is 13.9. The van der Waals surface area contributed by atoms with Crippen LogP contribution in [0.3, 0.4) is 0 Å². The largest absolute Gasteiger partial charge is 0.444 e. The number of nitrogens with zero attached hydrogens (tertiary/aromatic N) is 1. The number of aliphatic hydroxyl groups excluding tert-OH is 1. The van der Waals surface area contributed by atoms with E-state index in [1.165, 1.54) is 11.0 Å². The van der Waals surface area contributed by atoms with E-state index in [2.05, 4.69) is 0 Å². The third-order valence-corrected chi connectivity index (χ3v) is 5.72. The number of benzene rings is 3. The number of carbonyl (C=O) groups excluding carboxylic acids is 1. The highest BCUT2D eigenvalue weighted by atomic mass is 35.5. The van der Waals surface area contributed by atoms with Crippen LogP contribution in [0.5, 0.6) is 0 Å². The van der Waals surface area contributed by atoms with Crippen molar-refractivity contribution in [3.05, 3.63) is 94.3 Å². The molecule has 180 valence electrons. The van der Waals surface area contributed by atoms with Crippen LogP contribution >= 0.6 is 11.6 Å². The lowest BCUT2D eigenvalue weighted by Crippen LogP contribution is -2.40. The molecule has 0 fully saturated rings. The average Bonchev–Trinajstić information content (AvgIpc) is 2.77. The van der Waals surface area contributed by atoms with Crippen LogP contribution in [0.1, 0.15) is 43.6 Å². The molecule has 0 radical (unpaired) electrons. The van der Waals surface area contributed by atoms with Crippen LogP contribution in [-0.4, -0.2) is 34.8 Å². The summed E-state index contributed by atoms with van der Waals surface area (Å²) in [4.78, 5) is 14.4. The summed E-state index contributed by atoms with van der Waals surface area (Å²) in [7, 11) is 0. The van der Waals surface area contributed by atoms with Crippen molar-refractivity contribution in [3.63, 3.8) is 0 Å². The van der Waals surface area contributed by atoms with Gasteiger partial charge < -0.3 is 14.7 Å². The van der Waals surface area contributed by atoms with Crippen molar-refractivity contribution in [2.24, 2.45) is 0 Å². The van der Waals surface area contributed by atoms with E-state index in [4.69, 9.17) is 16.3 Å². The second kappa shape index (κ2) is 11.0. The third-order valence-electron chi connectivity index (χ3n) is 5.48. The summed E-state index contributed by atoms with van der Waals surface area (Å²) >= 11 is 6.05. The summed E-state index contributed by atoms with van der Waals surface area (Å²) in [5.74, 6) is -0.229. The first-order valence-corrected chi connectivity index (χ1v) is 11.7. The highest BCUT2D eigenvalue weighted by Crippen LogP contribution is 2.26. The molecule has 0 aliphatic carbocycles. The number of ether oxygens (including phenoxy) is 1. The first-order chi connectivity index (χ1) is 16.0. The topological polar surface area (TPSA) is 49.8 Å². The van der Waals surface area contributed by atoms with Gasteiger partial charge in [0.25, 0.3) is 0 Å². The second-order valence-corrected chi connectivity index (χ2v) is 9.79.